The van der Waals surface area contributed by atoms with Gasteiger partial charge in [-0.05, 0) is 55.2 Å². The second-order valence-electron chi connectivity index (χ2n) is 6.41. The predicted octanol–water partition coefficient (Wildman–Crippen LogP) is 4.17. The lowest BCUT2D eigenvalue weighted by Gasteiger charge is -2.12. The number of halogens is 1. The Morgan fingerprint density at radius 1 is 1.07 bits per heavy atom. The molecule has 0 bridgehead atoms. The van der Waals surface area contributed by atoms with E-state index < -0.39 is 11.9 Å². The number of ether oxygens (including phenoxy) is 1. The first kappa shape index (κ1) is 17.5. The number of hydrogen-bond donors (Lipinski definition) is 1. The summed E-state index contributed by atoms with van der Waals surface area (Å²) in [6.07, 6.45) is 2.63. The average Bonchev–Trinajstić information content (AvgIpc) is 3.14. The molecular weight excluding hydrogens is 364 g/mol. The molecule has 6 heteroatoms. The normalized spacial score (nSPS) is 12.6. The van der Waals surface area contributed by atoms with Crippen LogP contribution in [0.25, 0.3) is 10.9 Å². The fourth-order valence-electron chi connectivity index (χ4n) is 3.38. The molecule has 0 saturated carbocycles. The molecule has 1 N–H and O–H groups in total. The Hall–Kier alpha value is -2.92. The number of nitrogens with one attached hydrogen (secondary N) is 1. The van der Waals surface area contributed by atoms with E-state index in [9.17, 15) is 9.59 Å². The Morgan fingerprint density at radius 2 is 1.85 bits per heavy atom. The Balaban J connectivity index is 1.52. The highest BCUT2D eigenvalue weighted by atomic mass is 35.5. The van der Waals surface area contributed by atoms with Crippen molar-refractivity contribution < 1.29 is 14.3 Å². The van der Waals surface area contributed by atoms with Crippen LogP contribution in [0.1, 0.15) is 28.0 Å². The third-order valence-corrected chi connectivity index (χ3v) is 4.84. The Kier molecular flexibility index (Phi) is 4.77. The standard InChI is InChI=1S/C21H17ClN2O3/c22-13-8-10-14(11-9-13)23-19(25)12-27-21(26)20-15-4-1-2-6-17(15)24-18-7-3-5-16(18)20/h1-2,4,6,8-11H,3,5,7,12H2,(H,23,25). The first-order chi connectivity index (χ1) is 13.1. The molecule has 0 unspecified atom stereocenters. The number of carbonyl (C=O) groups excluding carboxylic acids is 2. The van der Waals surface area contributed by atoms with E-state index in [1.54, 1.807) is 24.3 Å². The number of rotatable bonds is 4. The van der Waals surface area contributed by atoms with Crippen molar-refractivity contribution >= 4 is 40.1 Å². The summed E-state index contributed by atoms with van der Waals surface area (Å²) in [7, 11) is 0. The van der Waals surface area contributed by atoms with Crippen molar-refractivity contribution in [2.45, 2.75) is 19.3 Å². The van der Waals surface area contributed by atoms with Crippen LogP contribution in [0.4, 0.5) is 5.69 Å². The summed E-state index contributed by atoms with van der Waals surface area (Å²) < 4.78 is 5.31. The number of aryl methyl sites for hydroxylation is 1. The zero-order chi connectivity index (χ0) is 18.8. The molecule has 1 aromatic heterocycles. The maximum Gasteiger partial charge on any atom is 0.339 e. The van der Waals surface area contributed by atoms with E-state index in [-0.39, 0.29) is 6.61 Å². The third kappa shape index (κ3) is 3.64. The Labute approximate surface area is 161 Å². The van der Waals surface area contributed by atoms with Crippen LogP contribution >= 0.6 is 11.6 Å². The molecule has 0 spiro atoms. The second-order valence-corrected chi connectivity index (χ2v) is 6.85. The lowest BCUT2D eigenvalue weighted by molar-refractivity contribution is -0.119. The van der Waals surface area contributed by atoms with Gasteiger partial charge in [-0.3, -0.25) is 9.78 Å². The smallest absolute Gasteiger partial charge is 0.339 e. The van der Waals surface area contributed by atoms with Crippen molar-refractivity contribution in [2.24, 2.45) is 0 Å². The molecule has 0 aliphatic heterocycles. The van der Waals surface area contributed by atoms with Crippen molar-refractivity contribution in [1.82, 2.24) is 4.98 Å². The van der Waals surface area contributed by atoms with Crippen molar-refractivity contribution in [3.05, 3.63) is 70.4 Å². The Bertz CT molecular complexity index is 1030. The highest BCUT2D eigenvalue weighted by Gasteiger charge is 2.25. The monoisotopic (exact) mass is 380 g/mol. The van der Waals surface area contributed by atoms with Gasteiger partial charge in [0.25, 0.3) is 5.91 Å². The van der Waals surface area contributed by atoms with Crippen molar-refractivity contribution in [3.8, 4) is 0 Å². The van der Waals surface area contributed by atoms with Crippen LogP contribution in [0.3, 0.4) is 0 Å². The van der Waals surface area contributed by atoms with Gasteiger partial charge in [0, 0.05) is 21.8 Å². The summed E-state index contributed by atoms with van der Waals surface area (Å²) >= 11 is 5.83. The van der Waals surface area contributed by atoms with E-state index in [0.29, 0.717) is 16.3 Å². The fourth-order valence-corrected chi connectivity index (χ4v) is 3.50. The first-order valence-corrected chi connectivity index (χ1v) is 9.12. The molecule has 3 aromatic rings. The van der Waals surface area contributed by atoms with Crippen LogP contribution in [0, 0.1) is 0 Å². The van der Waals surface area contributed by atoms with Crippen LogP contribution in [0.2, 0.25) is 5.02 Å². The van der Waals surface area contributed by atoms with Crippen LogP contribution in [0.5, 0.6) is 0 Å². The van der Waals surface area contributed by atoms with E-state index in [4.69, 9.17) is 16.3 Å². The summed E-state index contributed by atoms with van der Waals surface area (Å²) in [5, 5.41) is 4.02. The van der Waals surface area contributed by atoms with Gasteiger partial charge in [-0.15, -0.1) is 0 Å². The molecular formula is C21H17ClN2O3. The number of nitrogens with zero attached hydrogens (tertiary/aromatic N) is 1. The lowest BCUT2D eigenvalue weighted by atomic mass is 10.0. The molecule has 27 heavy (non-hydrogen) atoms. The van der Waals surface area contributed by atoms with Crippen LogP contribution in [-0.4, -0.2) is 23.5 Å². The van der Waals surface area contributed by atoms with Gasteiger partial charge in [0.1, 0.15) is 0 Å². The minimum atomic E-state index is -0.488. The van der Waals surface area contributed by atoms with Gasteiger partial charge in [-0.2, -0.15) is 0 Å². The molecule has 1 aliphatic carbocycles. The van der Waals surface area contributed by atoms with Crippen LogP contribution in [-0.2, 0) is 22.4 Å². The number of hydrogen-bond acceptors (Lipinski definition) is 4. The van der Waals surface area contributed by atoms with Gasteiger partial charge in [0.2, 0.25) is 0 Å². The topological polar surface area (TPSA) is 68.3 Å². The quantitative estimate of drug-likeness (QED) is 0.689. The number of benzene rings is 2. The van der Waals surface area contributed by atoms with Crippen molar-refractivity contribution in [1.29, 1.82) is 0 Å². The number of para-hydroxylation sites is 1. The molecule has 2 aromatic carbocycles. The highest BCUT2D eigenvalue weighted by Crippen LogP contribution is 2.30. The number of pyridine rings is 1. The maximum absolute atomic E-state index is 12.8. The summed E-state index contributed by atoms with van der Waals surface area (Å²) in [5.41, 5.74) is 3.79. The first-order valence-electron chi connectivity index (χ1n) is 8.75. The van der Waals surface area contributed by atoms with Gasteiger partial charge < -0.3 is 10.1 Å². The van der Waals surface area contributed by atoms with Crippen LogP contribution in [0.15, 0.2) is 48.5 Å². The molecule has 1 aliphatic rings. The van der Waals surface area contributed by atoms with Gasteiger partial charge >= 0.3 is 5.97 Å². The fraction of sp³-hybridized carbons (Fsp3) is 0.190. The molecule has 0 atom stereocenters. The molecule has 136 valence electrons. The molecule has 5 nitrogen and oxygen atoms in total. The van der Waals surface area contributed by atoms with E-state index in [1.807, 2.05) is 24.3 Å². The van der Waals surface area contributed by atoms with Gasteiger partial charge in [0.15, 0.2) is 6.61 Å². The molecule has 0 fully saturated rings. The summed E-state index contributed by atoms with van der Waals surface area (Å²) in [4.78, 5) is 29.5. The minimum Gasteiger partial charge on any atom is -0.452 e. The summed E-state index contributed by atoms with van der Waals surface area (Å²) in [6, 6.07) is 14.2. The third-order valence-electron chi connectivity index (χ3n) is 4.59. The Morgan fingerprint density at radius 3 is 2.67 bits per heavy atom. The number of esters is 1. The number of amides is 1. The average molecular weight is 381 g/mol. The zero-order valence-electron chi connectivity index (χ0n) is 14.5. The lowest BCUT2D eigenvalue weighted by Crippen LogP contribution is -2.21. The predicted molar refractivity (Wildman–Crippen MR) is 104 cm³/mol. The summed E-state index contributed by atoms with van der Waals surface area (Å²) in [5.74, 6) is -0.890. The highest BCUT2D eigenvalue weighted by molar-refractivity contribution is 6.30. The number of fused-ring (bicyclic) bond motifs is 2. The molecule has 1 heterocycles. The van der Waals surface area contributed by atoms with Gasteiger partial charge in [0.05, 0.1) is 11.1 Å². The molecule has 0 saturated heterocycles. The zero-order valence-corrected chi connectivity index (χ0v) is 15.3. The van der Waals surface area contributed by atoms with E-state index in [2.05, 4.69) is 10.3 Å². The molecule has 4 rings (SSSR count). The largest absolute Gasteiger partial charge is 0.452 e. The second kappa shape index (κ2) is 7.37. The van der Waals surface area contributed by atoms with Crippen molar-refractivity contribution in [2.75, 3.05) is 11.9 Å². The van der Waals surface area contributed by atoms with E-state index >= 15 is 0 Å². The summed E-state index contributed by atoms with van der Waals surface area (Å²) in [6.45, 7) is -0.354. The van der Waals surface area contributed by atoms with Gasteiger partial charge in [-0.1, -0.05) is 29.8 Å². The maximum atomic E-state index is 12.8. The van der Waals surface area contributed by atoms with Crippen LogP contribution < -0.4 is 5.32 Å². The number of carbonyl (C=O) groups is 2. The molecule has 0 radical (unpaired) electrons. The van der Waals surface area contributed by atoms with Gasteiger partial charge in [-0.25, -0.2) is 4.79 Å². The molecule has 1 amide bonds. The van der Waals surface area contributed by atoms with E-state index in [0.717, 1.165) is 41.4 Å². The van der Waals surface area contributed by atoms with E-state index in [1.165, 1.54) is 0 Å². The number of anilines is 1. The van der Waals surface area contributed by atoms with Crippen molar-refractivity contribution in [3.63, 3.8) is 0 Å². The number of aromatic nitrogens is 1. The SMILES string of the molecule is O=C(COC(=O)c1c2c(nc3ccccc13)CCC2)Nc1ccc(Cl)cc1. The minimum absolute atomic E-state index is 0.354.